The predicted molar refractivity (Wildman–Crippen MR) is 292 cm³/mol. The molecule has 24 heteroatoms. The quantitative estimate of drug-likeness (QED) is 0.0998. The van der Waals surface area contributed by atoms with Crippen molar-refractivity contribution in [2.75, 3.05) is 33.5 Å². The second-order valence-electron chi connectivity index (χ2n) is 20.5. The molecule has 2 aromatic carbocycles. The second kappa shape index (κ2) is 22.9. The summed E-state index contributed by atoms with van der Waals surface area (Å²) in [4.78, 5) is 65.0. The van der Waals surface area contributed by atoms with Gasteiger partial charge in [-0.3, -0.25) is 28.5 Å². The molecule has 0 bridgehead atoms. The van der Waals surface area contributed by atoms with E-state index in [9.17, 15) is 45.5 Å². The van der Waals surface area contributed by atoms with E-state index in [2.05, 4.69) is 30.8 Å². The van der Waals surface area contributed by atoms with E-state index in [-0.39, 0.29) is 110 Å². The maximum atomic E-state index is 13.5. The number of anilines is 4. The highest BCUT2D eigenvalue weighted by Crippen LogP contribution is 2.40. The molecule has 4 aromatic heterocycles. The van der Waals surface area contributed by atoms with Gasteiger partial charge in [0.1, 0.15) is 23.0 Å². The zero-order valence-corrected chi connectivity index (χ0v) is 46.7. The lowest BCUT2D eigenvalue weighted by Gasteiger charge is -2.32. The highest BCUT2D eigenvalue weighted by atomic mass is 35.5. The van der Waals surface area contributed by atoms with Crippen LogP contribution in [0.15, 0.2) is 73.3 Å². The second-order valence-corrected chi connectivity index (χ2v) is 21.3. The number of carbonyl (C=O) groups is 4. The van der Waals surface area contributed by atoms with Gasteiger partial charge < -0.3 is 20.4 Å². The van der Waals surface area contributed by atoms with Crippen LogP contribution in [0.1, 0.15) is 143 Å². The van der Waals surface area contributed by atoms with E-state index >= 15 is 0 Å². The van der Waals surface area contributed by atoms with Crippen molar-refractivity contribution >= 4 is 96.6 Å². The fourth-order valence-corrected chi connectivity index (χ4v) is 9.10. The van der Waals surface area contributed by atoms with Crippen LogP contribution in [-0.4, -0.2) is 77.1 Å². The van der Waals surface area contributed by atoms with Gasteiger partial charge in [0.25, 0.3) is 11.8 Å². The van der Waals surface area contributed by atoms with Gasteiger partial charge >= 0.3 is 12.4 Å². The standard InChI is InChI=1S/2C26H27ClF3N5O2.2H2S/c1-14-8-16(11-31-23(14)33-25(3,4)5)21(36)9-17-12-32-35-15(2)13-34(24(37)22(17)35)18-6-7-19(20(27)10-18)26(28,29)30;1-14-8-18(23(31-11-14)33-25(3,4)5)21(36)9-16-12-32-35-15(2)13-34(24(37)22(16)35)17-6-7-19(20(27)10-17)26(28,29)30;;/h2*6-8,10-12,15H,9,13H2,1-5H3,(H,31,33);2*1H2/t2*15-;;/m00../s1. The molecule has 0 saturated carbocycles. The maximum absolute atomic E-state index is 13.5. The molecule has 2 N–H and O–H groups in total. The lowest BCUT2D eigenvalue weighted by atomic mass is 10.00. The van der Waals surface area contributed by atoms with Crippen LogP contribution in [0, 0.1) is 13.8 Å². The molecule has 0 fully saturated rings. The number of ketones is 2. The summed E-state index contributed by atoms with van der Waals surface area (Å²) >= 11 is 11.8. The Morgan fingerprint density at radius 1 is 0.618 bits per heavy atom. The third kappa shape index (κ3) is 13.5. The first-order valence-corrected chi connectivity index (χ1v) is 24.1. The Hall–Kier alpha value is -6.10. The summed E-state index contributed by atoms with van der Waals surface area (Å²) in [7, 11) is 0. The van der Waals surface area contributed by atoms with Crippen molar-refractivity contribution in [3.63, 3.8) is 0 Å². The number of pyridine rings is 2. The van der Waals surface area contributed by atoms with E-state index in [4.69, 9.17) is 23.2 Å². The van der Waals surface area contributed by atoms with Gasteiger partial charge in [0, 0.05) is 77.5 Å². The molecule has 408 valence electrons. The molecule has 0 spiro atoms. The predicted octanol–water partition coefficient (Wildman–Crippen LogP) is 12.5. The summed E-state index contributed by atoms with van der Waals surface area (Å²) in [6.07, 6.45) is -3.24. The zero-order valence-electron chi connectivity index (χ0n) is 43.1. The summed E-state index contributed by atoms with van der Waals surface area (Å²) in [6, 6.07) is 9.38. The van der Waals surface area contributed by atoms with Gasteiger partial charge in [-0.2, -0.15) is 63.5 Å². The highest BCUT2D eigenvalue weighted by molar-refractivity contribution is 7.59. The fraction of sp³-hybridized carbons (Fsp3) is 0.385. The number of aryl methyl sites for hydroxylation is 2. The SMILES string of the molecule is Cc1cc(C(=O)Cc2cnn3c2C(=O)N(c2ccc(C(F)(F)F)c(Cl)c2)C[C@@H]3C)cnc1NC(C)(C)C.Cc1cnc(NC(C)(C)C)c(C(=O)Cc2cnn3c2C(=O)N(c2ccc(C(F)(F)F)c(Cl)c2)C[C@@H]3C)c1.S.S. The van der Waals surface area contributed by atoms with Gasteiger partial charge in [0.05, 0.1) is 51.2 Å². The van der Waals surface area contributed by atoms with Crippen LogP contribution in [0.3, 0.4) is 0 Å². The largest absolute Gasteiger partial charge is 0.417 e. The van der Waals surface area contributed by atoms with Gasteiger partial charge in [-0.1, -0.05) is 23.2 Å². The van der Waals surface area contributed by atoms with Crippen LogP contribution < -0.4 is 20.4 Å². The van der Waals surface area contributed by atoms with Crippen molar-refractivity contribution in [3.8, 4) is 0 Å². The van der Waals surface area contributed by atoms with Crippen molar-refractivity contribution in [2.45, 2.75) is 118 Å². The molecular formula is C52H58Cl2F6N10O4S2. The van der Waals surface area contributed by atoms with E-state index in [1.54, 1.807) is 27.7 Å². The number of benzene rings is 2. The number of hydrogen-bond acceptors (Lipinski definition) is 10. The first kappa shape index (κ1) is 60.8. The van der Waals surface area contributed by atoms with E-state index in [0.717, 1.165) is 35.4 Å². The number of aromatic nitrogens is 6. The highest BCUT2D eigenvalue weighted by Gasteiger charge is 2.39. The first-order chi connectivity index (χ1) is 34.3. The molecule has 0 radical (unpaired) electrons. The molecule has 0 aliphatic carbocycles. The average Bonchev–Trinajstić information content (AvgIpc) is 3.91. The molecular weight excluding hydrogens is 1080 g/mol. The zero-order chi connectivity index (χ0) is 54.6. The monoisotopic (exact) mass is 1130 g/mol. The van der Waals surface area contributed by atoms with E-state index in [1.807, 2.05) is 69.2 Å². The number of hydrogen-bond donors (Lipinski definition) is 2. The third-order valence-corrected chi connectivity index (χ3v) is 12.5. The molecule has 2 atom stereocenters. The lowest BCUT2D eigenvalue weighted by Crippen LogP contribution is -2.43. The molecule has 8 rings (SSSR count). The lowest BCUT2D eigenvalue weighted by molar-refractivity contribution is -0.138. The maximum Gasteiger partial charge on any atom is 0.417 e. The van der Waals surface area contributed by atoms with Gasteiger partial charge in [-0.25, -0.2) is 9.97 Å². The minimum absolute atomic E-state index is 0. The Morgan fingerprint density at radius 2 is 1.04 bits per heavy atom. The minimum atomic E-state index is -4.60. The van der Waals surface area contributed by atoms with Crippen LogP contribution in [0.25, 0.3) is 0 Å². The normalized spacial score (nSPS) is 15.7. The van der Waals surface area contributed by atoms with Crippen LogP contribution in [0.5, 0.6) is 0 Å². The summed E-state index contributed by atoms with van der Waals surface area (Å²) in [5, 5.41) is 14.2. The van der Waals surface area contributed by atoms with E-state index in [1.165, 1.54) is 40.5 Å². The molecule has 0 saturated heterocycles. The average molecular weight is 1140 g/mol. The molecule has 76 heavy (non-hydrogen) atoms. The van der Waals surface area contributed by atoms with Crippen molar-refractivity contribution < 1.29 is 45.5 Å². The Bertz CT molecular complexity index is 3190. The Labute approximate surface area is 459 Å². The van der Waals surface area contributed by atoms with Gasteiger partial charge in [-0.15, -0.1) is 0 Å². The van der Waals surface area contributed by atoms with Crippen molar-refractivity contribution in [1.29, 1.82) is 0 Å². The molecule has 2 aliphatic rings. The molecule has 0 unspecified atom stereocenters. The van der Waals surface area contributed by atoms with E-state index < -0.39 is 45.3 Å². The number of amides is 2. The number of fused-ring (bicyclic) bond motifs is 2. The summed E-state index contributed by atoms with van der Waals surface area (Å²) in [6.45, 7) is 19.6. The van der Waals surface area contributed by atoms with Crippen LogP contribution >= 0.6 is 50.2 Å². The molecule has 14 nitrogen and oxygen atoms in total. The molecule has 6 heterocycles. The molecule has 2 amide bonds. The van der Waals surface area contributed by atoms with Crippen LogP contribution in [0.2, 0.25) is 10.0 Å². The number of halogens is 8. The van der Waals surface area contributed by atoms with Crippen molar-refractivity contribution in [3.05, 3.63) is 139 Å². The third-order valence-electron chi connectivity index (χ3n) is 11.9. The Kier molecular flexibility index (Phi) is 18.3. The number of Topliss-reactive ketones (excluding diaryl/α,β-unsaturated/α-hetero) is 2. The number of nitrogens with zero attached hydrogens (tertiary/aromatic N) is 8. The number of rotatable bonds is 10. The van der Waals surface area contributed by atoms with Crippen LogP contribution in [0.4, 0.5) is 49.4 Å². The topological polar surface area (TPSA) is 160 Å². The van der Waals surface area contributed by atoms with E-state index in [0.29, 0.717) is 33.9 Å². The number of alkyl halides is 6. The molecule has 6 aromatic rings. The smallest absolute Gasteiger partial charge is 0.365 e. The van der Waals surface area contributed by atoms with Crippen molar-refractivity contribution in [1.82, 2.24) is 29.5 Å². The van der Waals surface area contributed by atoms with Gasteiger partial charge in [-0.05, 0) is 129 Å². The summed E-state index contributed by atoms with van der Waals surface area (Å²) in [5.74, 6) is -0.276. The number of carbonyl (C=O) groups excluding carboxylic acids is 4. The Balaban J connectivity index is 0.000000274. The van der Waals surface area contributed by atoms with Gasteiger partial charge in [0.2, 0.25) is 0 Å². The first-order valence-electron chi connectivity index (χ1n) is 23.4. The van der Waals surface area contributed by atoms with Gasteiger partial charge in [0.15, 0.2) is 11.6 Å². The van der Waals surface area contributed by atoms with Crippen molar-refractivity contribution in [2.24, 2.45) is 0 Å². The van der Waals surface area contributed by atoms with Crippen LogP contribution in [-0.2, 0) is 25.2 Å². The summed E-state index contributed by atoms with van der Waals surface area (Å²) < 4.78 is 82.0. The number of nitrogens with one attached hydrogen (secondary N) is 2. The molecule has 2 aliphatic heterocycles. The minimum Gasteiger partial charge on any atom is -0.365 e. The fourth-order valence-electron chi connectivity index (χ4n) is 8.54. The summed E-state index contributed by atoms with van der Waals surface area (Å²) in [5.41, 5.74) is 1.72. The Morgan fingerprint density at radius 3 is 1.45 bits per heavy atom.